The van der Waals surface area contributed by atoms with Gasteiger partial charge in [-0.25, -0.2) is 5.48 Å². The fourth-order valence-corrected chi connectivity index (χ4v) is 0.266. The smallest absolute Gasteiger partial charge is 0.266 e. The highest BCUT2D eigenvalue weighted by atomic mass is 16.6. The predicted octanol–water partition coefficient (Wildman–Crippen LogP) is 0.630. The van der Waals surface area contributed by atoms with Crippen LogP contribution in [0.5, 0.6) is 0 Å². The molecule has 0 saturated heterocycles. The summed E-state index contributed by atoms with van der Waals surface area (Å²) in [5.74, 6) is -0.302. The van der Waals surface area contributed by atoms with Gasteiger partial charge in [0, 0.05) is 0 Å². The van der Waals surface area contributed by atoms with Crippen LogP contribution in [-0.2, 0) is 9.63 Å². The van der Waals surface area contributed by atoms with E-state index < -0.39 is 0 Å². The lowest BCUT2D eigenvalue weighted by Gasteiger charge is -1.98. The summed E-state index contributed by atoms with van der Waals surface area (Å²) in [5.41, 5.74) is 2.18. The Hall–Kier alpha value is -0.830. The van der Waals surface area contributed by atoms with Crippen molar-refractivity contribution >= 4 is 5.91 Å². The Bertz CT molecular complexity index is 101. The first kappa shape index (κ1) is 8.17. The summed E-state index contributed by atoms with van der Waals surface area (Å²) in [5, 5.41) is 0. The summed E-state index contributed by atoms with van der Waals surface area (Å²) in [6.07, 6.45) is 2.05. The topological polar surface area (TPSA) is 38.3 Å². The minimum atomic E-state index is -0.302. The molecule has 0 aromatic rings. The molecule has 0 spiro atoms. The standard InChI is InChI=1S/C6H11NO2/c1-3-5-9-7-6(8)4-2/h4H,2-3,5H2,1H3,(H,7,8). The average molecular weight is 129 g/mol. The van der Waals surface area contributed by atoms with Gasteiger partial charge in [-0.15, -0.1) is 0 Å². The maximum absolute atomic E-state index is 10.3. The van der Waals surface area contributed by atoms with Gasteiger partial charge < -0.3 is 0 Å². The van der Waals surface area contributed by atoms with Gasteiger partial charge in [-0.1, -0.05) is 13.5 Å². The van der Waals surface area contributed by atoms with Crippen molar-refractivity contribution < 1.29 is 9.63 Å². The van der Waals surface area contributed by atoms with Crippen LogP contribution in [0.2, 0.25) is 0 Å². The number of hydrogen-bond acceptors (Lipinski definition) is 2. The molecular weight excluding hydrogens is 118 g/mol. The molecule has 52 valence electrons. The first-order valence-corrected chi connectivity index (χ1v) is 2.85. The summed E-state index contributed by atoms with van der Waals surface area (Å²) in [4.78, 5) is 15.0. The maximum atomic E-state index is 10.3. The van der Waals surface area contributed by atoms with Crippen LogP contribution in [0.15, 0.2) is 12.7 Å². The molecule has 3 heteroatoms. The van der Waals surface area contributed by atoms with Gasteiger partial charge in [0.25, 0.3) is 5.91 Å². The van der Waals surface area contributed by atoms with Crippen molar-refractivity contribution in [3.05, 3.63) is 12.7 Å². The number of hydroxylamine groups is 1. The lowest BCUT2D eigenvalue weighted by Crippen LogP contribution is -2.21. The van der Waals surface area contributed by atoms with Gasteiger partial charge >= 0.3 is 0 Å². The molecule has 0 aromatic carbocycles. The van der Waals surface area contributed by atoms with Gasteiger partial charge in [0.2, 0.25) is 0 Å². The SMILES string of the molecule is C=CC(=O)NOCCC. The second-order valence-electron chi connectivity index (χ2n) is 1.52. The molecule has 1 amide bonds. The number of carbonyl (C=O) groups excluding carboxylic acids is 1. The van der Waals surface area contributed by atoms with Gasteiger partial charge in [-0.05, 0) is 12.5 Å². The molecule has 0 saturated carbocycles. The third kappa shape index (κ3) is 5.03. The summed E-state index contributed by atoms with van der Waals surface area (Å²) in [6.45, 7) is 5.75. The van der Waals surface area contributed by atoms with Crippen molar-refractivity contribution in [2.75, 3.05) is 6.61 Å². The van der Waals surface area contributed by atoms with Crippen molar-refractivity contribution in [2.24, 2.45) is 0 Å². The van der Waals surface area contributed by atoms with Crippen LogP contribution in [0.1, 0.15) is 13.3 Å². The molecule has 0 aliphatic heterocycles. The van der Waals surface area contributed by atoms with E-state index in [0.29, 0.717) is 6.61 Å². The Labute approximate surface area is 54.7 Å². The van der Waals surface area contributed by atoms with Gasteiger partial charge in [0.15, 0.2) is 0 Å². The van der Waals surface area contributed by atoms with Gasteiger partial charge in [-0.3, -0.25) is 9.63 Å². The van der Waals surface area contributed by atoms with Crippen LogP contribution in [0.4, 0.5) is 0 Å². The van der Waals surface area contributed by atoms with E-state index in [1.165, 1.54) is 0 Å². The monoisotopic (exact) mass is 129 g/mol. The van der Waals surface area contributed by atoms with Gasteiger partial charge in [0.05, 0.1) is 6.61 Å². The van der Waals surface area contributed by atoms with Crippen molar-refractivity contribution in [3.8, 4) is 0 Å². The highest BCUT2D eigenvalue weighted by Crippen LogP contribution is 1.74. The number of hydrogen-bond donors (Lipinski definition) is 1. The quantitative estimate of drug-likeness (QED) is 0.343. The maximum Gasteiger partial charge on any atom is 0.266 e. The van der Waals surface area contributed by atoms with Crippen LogP contribution in [0, 0.1) is 0 Å². The predicted molar refractivity (Wildman–Crippen MR) is 34.6 cm³/mol. The Morgan fingerprint density at radius 3 is 3.00 bits per heavy atom. The zero-order valence-electron chi connectivity index (χ0n) is 5.52. The van der Waals surface area contributed by atoms with E-state index in [1.54, 1.807) is 0 Å². The van der Waals surface area contributed by atoms with E-state index in [2.05, 4.69) is 16.9 Å². The molecule has 0 heterocycles. The minimum absolute atomic E-state index is 0.302. The van der Waals surface area contributed by atoms with Crippen molar-refractivity contribution in [1.29, 1.82) is 0 Å². The third-order valence-corrected chi connectivity index (χ3v) is 0.664. The van der Waals surface area contributed by atoms with E-state index in [0.717, 1.165) is 12.5 Å². The van der Waals surface area contributed by atoms with Crippen LogP contribution < -0.4 is 5.48 Å². The first-order valence-electron chi connectivity index (χ1n) is 2.85. The molecule has 0 radical (unpaired) electrons. The molecule has 3 nitrogen and oxygen atoms in total. The normalized spacial score (nSPS) is 8.56. The van der Waals surface area contributed by atoms with E-state index in [1.807, 2.05) is 6.92 Å². The third-order valence-electron chi connectivity index (χ3n) is 0.664. The number of amides is 1. The molecule has 9 heavy (non-hydrogen) atoms. The Balaban J connectivity index is 3.07. The fraction of sp³-hybridized carbons (Fsp3) is 0.500. The highest BCUT2D eigenvalue weighted by Gasteiger charge is 1.88. The lowest BCUT2D eigenvalue weighted by atomic mass is 10.5. The molecule has 0 bridgehead atoms. The lowest BCUT2D eigenvalue weighted by molar-refractivity contribution is -0.128. The van der Waals surface area contributed by atoms with E-state index in [4.69, 9.17) is 0 Å². The molecule has 0 atom stereocenters. The Morgan fingerprint density at radius 1 is 1.89 bits per heavy atom. The number of carbonyl (C=O) groups is 1. The highest BCUT2D eigenvalue weighted by molar-refractivity contribution is 5.85. The summed E-state index contributed by atoms with van der Waals surface area (Å²) in [6, 6.07) is 0. The van der Waals surface area contributed by atoms with Crippen LogP contribution in [0.3, 0.4) is 0 Å². The summed E-state index contributed by atoms with van der Waals surface area (Å²) >= 11 is 0. The van der Waals surface area contributed by atoms with E-state index in [-0.39, 0.29) is 5.91 Å². The van der Waals surface area contributed by atoms with Crippen molar-refractivity contribution in [3.63, 3.8) is 0 Å². The van der Waals surface area contributed by atoms with Gasteiger partial charge in [0.1, 0.15) is 0 Å². The molecule has 1 N–H and O–H groups in total. The molecule has 0 unspecified atom stereocenters. The molecular formula is C6H11NO2. The van der Waals surface area contributed by atoms with Gasteiger partial charge in [-0.2, -0.15) is 0 Å². The van der Waals surface area contributed by atoms with Crippen LogP contribution in [-0.4, -0.2) is 12.5 Å². The second kappa shape index (κ2) is 5.31. The van der Waals surface area contributed by atoms with E-state index >= 15 is 0 Å². The van der Waals surface area contributed by atoms with Crippen molar-refractivity contribution in [2.45, 2.75) is 13.3 Å². The Kier molecular flexibility index (Phi) is 4.82. The molecule has 0 aliphatic carbocycles. The summed E-state index contributed by atoms with van der Waals surface area (Å²) < 4.78 is 0. The van der Waals surface area contributed by atoms with E-state index in [9.17, 15) is 4.79 Å². The Morgan fingerprint density at radius 2 is 2.56 bits per heavy atom. The summed E-state index contributed by atoms with van der Waals surface area (Å²) in [7, 11) is 0. The second-order valence-corrected chi connectivity index (χ2v) is 1.52. The number of nitrogens with one attached hydrogen (secondary N) is 1. The average Bonchev–Trinajstić information content (AvgIpc) is 1.89. The minimum Gasteiger partial charge on any atom is -0.273 e. The first-order chi connectivity index (χ1) is 4.31. The molecule has 0 rings (SSSR count). The largest absolute Gasteiger partial charge is 0.273 e. The zero-order valence-corrected chi connectivity index (χ0v) is 5.52. The molecule has 0 fully saturated rings. The number of rotatable bonds is 4. The molecule has 0 aliphatic rings. The molecule has 0 aromatic heterocycles. The zero-order chi connectivity index (χ0) is 7.11. The fourth-order valence-electron chi connectivity index (χ4n) is 0.266. The van der Waals surface area contributed by atoms with Crippen molar-refractivity contribution in [1.82, 2.24) is 5.48 Å². The van der Waals surface area contributed by atoms with Crippen LogP contribution in [0.25, 0.3) is 0 Å². The van der Waals surface area contributed by atoms with Crippen LogP contribution >= 0.6 is 0 Å².